The maximum absolute atomic E-state index is 11.9. The Balaban J connectivity index is 2.18. The Labute approximate surface area is 185 Å². The predicted molar refractivity (Wildman–Crippen MR) is 120 cm³/mol. The van der Waals surface area contributed by atoms with Gasteiger partial charge in [0.1, 0.15) is 11.8 Å². The van der Waals surface area contributed by atoms with Crippen LogP contribution in [0.2, 0.25) is 0 Å². The number of nitrogens with one attached hydrogen (secondary N) is 2. The lowest BCUT2D eigenvalue weighted by molar-refractivity contribution is -0.142. The maximum atomic E-state index is 11.9. The molecule has 0 radical (unpaired) electrons. The molecule has 3 N–H and O–H groups in total. The standard InChI is InChI=1S/C24H36N2O5/c1-17(2)21(27)14-15-23(29)26-20(24(30)31)8-4-5-16-25-22(28)9-6-7-19-12-10-18(3)11-13-19/h10-13,17,20H,4-9,14-16H2,1-3H3,(H,25,28)(H,26,29)(H,30,31)/t20-/m1/s1. The molecule has 1 aromatic rings. The quantitative estimate of drug-likeness (QED) is 0.369. The number of unbranched alkanes of at least 4 members (excludes halogenated alkanes) is 1. The van der Waals surface area contributed by atoms with Gasteiger partial charge in [0.15, 0.2) is 0 Å². The van der Waals surface area contributed by atoms with Crippen molar-refractivity contribution in [2.45, 2.75) is 78.2 Å². The molecule has 0 heterocycles. The zero-order chi connectivity index (χ0) is 23.2. The second-order valence-electron chi connectivity index (χ2n) is 8.26. The van der Waals surface area contributed by atoms with Gasteiger partial charge < -0.3 is 15.7 Å². The van der Waals surface area contributed by atoms with E-state index in [9.17, 15) is 24.3 Å². The minimum atomic E-state index is -1.09. The fourth-order valence-electron chi connectivity index (χ4n) is 3.05. The number of ketones is 1. The second kappa shape index (κ2) is 14.3. The van der Waals surface area contributed by atoms with Crippen LogP contribution < -0.4 is 10.6 Å². The molecule has 31 heavy (non-hydrogen) atoms. The van der Waals surface area contributed by atoms with E-state index < -0.39 is 17.9 Å². The molecule has 0 saturated carbocycles. The second-order valence-corrected chi connectivity index (χ2v) is 8.26. The number of benzene rings is 1. The summed E-state index contributed by atoms with van der Waals surface area (Å²) in [6.07, 6.45) is 3.68. The Bertz CT molecular complexity index is 728. The van der Waals surface area contributed by atoms with Crippen LogP contribution in [0, 0.1) is 12.8 Å². The van der Waals surface area contributed by atoms with Crippen LogP contribution in [-0.2, 0) is 25.6 Å². The number of amides is 2. The molecule has 2 amide bonds. The molecule has 0 aliphatic heterocycles. The zero-order valence-corrected chi connectivity index (χ0v) is 18.9. The van der Waals surface area contributed by atoms with Crippen LogP contribution >= 0.6 is 0 Å². The number of aliphatic carboxylic acids is 1. The summed E-state index contributed by atoms with van der Waals surface area (Å²) in [4.78, 5) is 46.8. The summed E-state index contributed by atoms with van der Waals surface area (Å²) in [5.74, 6) is -1.69. The first kappa shape index (κ1) is 26.3. The lowest BCUT2D eigenvalue weighted by Gasteiger charge is -2.14. The van der Waals surface area contributed by atoms with Gasteiger partial charge in [-0.05, 0) is 44.6 Å². The van der Waals surface area contributed by atoms with Gasteiger partial charge in [0, 0.05) is 31.7 Å². The van der Waals surface area contributed by atoms with E-state index in [4.69, 9.17) is 0 Å². The first-order valence-corrected chi connectivity index (χ1v) is 11.1. The van der Waals surface area contributed by atoms with Crippen LogP contribution in [0.5, 0.6) is 0 Å². The van der Waals surface area contributed by atoms with Gasteiger partial charge in [0.2, 0.25) is 11.8 Å². The normalized spacial score (nSPS) is 11.7. The number of carboxylic acids is 1. The van der Waals surface area contributed by atoms with Crippen molar-refractivity contribution in [3.05, 3.63) is 35.4 Å². The molecule has 1 rings (SSSR count). The number of carbonyl (C=O) groups excluding carboxylic acids is 3. The smallest absolute Gasteiger partial charge is 0.326 e. The fraction of sp³-hybridized carbons (Fsp3) is 0.583. The van der Waals surface area contributed by atoms with Crippen molar-refractivity contribution in [2.75, 3.05) is 6.54 Å². The van der Waals surface area contributed by atoms with Crippen LogP contribution in [0.25, 0.3) is 0 Å². The molecule has 0 bridgehead atoms. The van der Waals surface area contributed by atoms with Gasteiger partial charge in [-0.1, -0.05) is 43.7 Å². The molecule has 0 saturated heterocycles. The number of hydrogen-bond donors (Lipinski definition) is 3. The Hall–Kier alpha value is -2.70. The number of hydrogen-bond acceptors (Lipinski definition) is 4. The van der Waals surface area contributed by atoms with Gasteiger partial charge in [-0.2, -0.15) is 0 Å². The summed E-state index contributed by atoms with van der Waals surface area (Å²) >= 11 is 0. The van der Waals surface area contributed by atoms with Gasteiger partial charge in [-0.25, -0.2) is 4.79 Å². The molecule has 7 nitrogen and oxygen atoms in total. The van der Waals surface area contributed by atoms with E-state index in [2.05, 4.69) is 34.9 Å². The highest BCUT2D eigenvalue weighted by Crippen LogP contribution is 2.08. The summed E-state index contributed by atoms with van der Waals surface area (Å²) in [6.45, 7) is 6.05. The van der Waals surface area contributed by atoms with E-state index in [0.29, 0.717) is 25.8 Å². The van der Waals surface area contributed by atoms with E-state index >= 15 is 0 Å². The predicted octanol–water partition coefficient (Wildman–Crippen LogP) is 3.18. The third-order valence-electron chi connectivity index (χ3n) is 5.11. The number of Topliss-reactive ketones (excluding diaryl/α,β-unsaturated/α-hetero) is 1. The molecular formula is C24H36N2O5. The van der Waals surface area contributed by atoms with E-state index in [1.54, 1.807) is 13.8 Å². The summed E-state index contributed by atoms with van der Waals surface area (Å²) in [7, 11) is 0. The molecular weight excluding hydrogens is 396 g/mol. The number of carboxylic acid groups (broad SMARTS) is 1. The van der Waals surface area contributed by atoms with Gasteiger partial charge in [0.05, 0.1) is 0 Å². The third-order valence-corrected chi connectivity index (χ3v) is 5.11. The van der Waals surface area contributed by atoms with Crippen LogP contribution in [0.1, 0.15) is 69.9 Å². The maximum Gasteiger partial charge on any atom is 0.326 e. The first-order valence-electron chi connectivity index (χ1n) is 11.1. The van der Waals surface area contributed by atoms with Crippen LogP contribution in [0.4, 0.5) is 0 Å². The average Bonchev–Trinajstić information content (AvgIpc) is 2.72. The summed E-state index contributed by atoms with van der Waals surface area (Å²) < 4.78 is 0. The monoisotopic (exact) mass is 432 g/mol. The molecule has 0 aliphatic rings. The highest BCUT2D eigenvalue weighted by molar-refractivity contribution is 5.88. The molecule has 0 fully saturated rings. The van der Waals surface area contributed by atoms with Gasteiger partial charge in [-0.15, -0.1) is 0 Å². The Kier molecular flexibility index (Phi) is 12.2. The Morgan fingerprint density at radius 3 is 2.19 bits per heavy atom. The summed E-state index contributed by atoms with van der Waals surface area (Å²) in [5, 5.41) is 14.6. The number of carbonyl (C=O) groups is 4. The summed E-state index contributed by atoms with van der Waals surface area (Å²) in [6, 6.07) is 7.30. The number of rotatable bonds is 15. The van der Waals surface area contributed by atoms with E-state index in [-0.39, 0.29) is 36.9 Å². The molecule has 0 aliphatic carbocycles. The van der Waals surface area contributed by atoms with Gasteiger partial charge >= 0.3 is 5.97 Å². The Morgan fingerprint density at radius 1 is 0.903 bits per heavy atom. The third kappa shape index (κ3) is 11.9. The zero-order valence-electron chi connectivity index (χ0n) is 18.9. The SMILES string of the molecule is Cc1ccc(CCCC(=O)NCCCC[C@@H](NC(=O)CCC(=O)C(C)C)C(=O)O)cc1. The van der Waals surface area contributed by atoms with Crippen LogP contribution in [-0.4, -0.2) is 41.3 Å². The average molecular weight is 433 g/mol. The molecule has 7 heteroatoms. The Morgan fingerprint density at radius 2 is 1.58 bits per heavy atom. The van der Waals surface area contributed by atoms with Gasteiger partial charge in [0.25, 0.3) is 0 Å². The first-order chi connectivity index (χ1) is 14.7. The molecule has 1 aromatic carbocycles. The largest absolute Gasteiger partial charge is 0.480 e. The van der Waals surface area contributed by atoms with Crippen LogP contribution in [0.15, 0.2) is 24.3 Å². The van der Waals surface area contributed by atoms with Crippen molar-refractivity contribution in [1.82, 2.24) is 10.6 Å². The molecule has 172 valence electrons. The minimum Gasteiger partial charge on any atom is -0.480 e. The lowest BCUT2D eigenvalue weighted by atomic mass is 10.0. The van der Waals surface area contributed by atoms with Crippen molar-refractivity contribution in [3.63, 3.8) is 0 Å². The highest BCUT2D eigenvalue weighted by atomic mass is 16.4. The number of aryl methyl sites for hydroxylation is 2. The topological polar surface area (TPSA) is 113 Å². The summed E-state index contributed by atoms with van der Waals surface area (Å²) in [5.41, 5.74) is 2.43. The van der Waals surface area contributed by atoms with Crippen molar-refractivity contribution in [1.29, 1.82) is 0 Å². The van der Waals surface area contributed by atoms with E-state index in [0.717, 1.165) is 12.8 Å². The molecule has 1 atom stereocenters. The highest BCUT2D eigenvalue weighted by Gasteiger charge is 2.20. The fourth-order valence-corrected chi connectivity index (χ4v) is 3.05. The van der Waals surface area contributed by atoms with Crippen molar-refractivity contribution in [2.24, 2.45) is 5.92 Å². The van der Waals surface area contributed by atoms with Crippen molar-refractivity contribution in [3.8, 4) is 0 Å². The minimum absolute atomic E-state index is 0.000556. The lowest BCUT2D eigenvalue weighted by Crippen LogP contribution is -2.41. The van der Waals surface area contributed by atoms with E-state index in [1.165, 1.54) is 11.1 Å². The molecule has 0 aromatic heterocycles. The van der Waals surface area contributed by atoms with Crippen molar-refractivity contribution < 1.29 is 24.3 Å². The molecule has 0 unspecified atom stereocenters. The van der Waals surface area contributed by atoms with Crippen LogP contribution in [0.3, 0.4) is 0 Å². The van der Waals surface area contributed by atoms with Crippen molar-refractivity contribution >= 4 is 23.6 Å². The van der Waals surface area contributed by atoms with E-state index in [1.807, 2.05) is 6.92 Å². The molecule has 0 spiro atoms. The van der Waals surface area contributed by atoms with Gasteiger partial charge in [-0.3, -0.25) is 14.4 Å².